The monoisotopic (exact) mass is 264 g/mol. The van der Waals surface area contributed by atoms with Crippen molar-refractivity contribution in [2.75, 3.05) is 19.4 Å². The lowest BCUT2D eigenvalue weighted by atomic mass is 10.1. The van der Waals surface area contributed by atoms with Crippen molar-refractivity contribution in [1.29, 1.82) is 0 Å². The fraction of sp³-hybridized carbons (Fsp3) is 0.167. The molecule has 2 amide bonds. The van der Waals surface area contributed by atoms with Crippen molar-refractivity contribution in [3.8, 4) is 11.1 Å². The van der Waals surface area contributed by atoms with Crippen LogP contribution in [0.5, 0.6) is 0 Å². The summed E-state index contributed by atoms with van der Waals surface area (Å²) < 4.78 is 0. The number of amides is 2. The summed E-state index contributed by atoms with van der Waals surface area (Å²) in [5, 5.41) is 10.1. The Kier molecular flexibility index (Phi) is 3.53. The van der Waals surface area contributed by atoms with Crippen molar-refractivity contribution >= 4 is 23.4 Å². The molecule has 0 bridgehead atoms. The molecule has 2 rings (SSSR count). The molecule has 5 nitrogen and oxygen atoms in total. The zero-order valence-electron chi connectivity index (χ0n) is 10.1. The van der Waals surface area contributed by atoms with Crippen LogP contribution in [0.25, 0.3) is 11.1 Å². The topological polar surface area (TPSA) is 61.0 Å². The molecule has 0 saturated carbocycles. The van der Waals surface area contributed by atoms with Crippen molar-refractivity contribution in [3.05, 3.63) is 35.5 Å². The smallest absolute Gasteiger partial charge is 0.322 e. The van der Waals surface area contributed by atoms with Crippen LogP contribution in [0.4, 0.5) is 10.6 Å². The van der Waals surface area contributed by atoms with Crippen LogP contribution in [0, 0.1) is 0 Å². The Hall–Kier alpha value is -2.01. The van der Waals surface area contributed by atoms with Gasteiger partial charge in [0.15, 0.2) is 0 Å². The maximum Gasteiger partial charge on any atom is 0.322 e. The van der Waals surface area contributed by atoms with Gasteiger partial charge in [-0.05, 0) is 17.7 Å². The summed E-state index contributed by atoms with van der Waals surface area (Å²) >= 11 is 5.84. The Balaban J connectivity index is 2.27. The van der Waals surface area contributed by atoms with Gasteiger partial charge in [0.25, 0.3) is 0 Å². The number of H-pyrrole nitrogens is 1. The van der Waals surface area contributed by atoms with Gasteiger partial charge in [-0.2, -0.15) is 5.10 Å². The highest BCUT2D eigenvalue weighted by Crippen LogP contribution is 2.26. The van der Waals surface area contributed by atoms with Gasteiger partial charge in [0.05, 0.1) is 6.20 Å². The zero-order valence-corrected chi connectivity index (χ0v) is 10.8. The summed E-state index contributed by atoms with van der Waals surface area (Å²) in [4.78, 5) is 13.0. The molecule has 1 aromatic heterocycles. The molecule has 0 saturated heterocycles. The van der Waals surface area contributed by atoms with Crippen LogP contribution < -0.4 is 5.32 Å². The van der Waals surface area contributed by atoms with Crippen LogP contribution in [0.1, 0.15) is 0 Å². The molecule has 0 radical (unpaired) electrons. The third-order valence-electron chi connectivity index (χ3n) is 2.43. The molecule has 1 heterocycles. The molecule has 0 aliphatic heterocycles. The molecule has 6 heteroatoms. The van der Waals surface area contributed by atoms with Crippen LogP contribution in [-0.4, -0.2) is 35.2 Å². The molecule has 1 aromatic carbocycles. The van der Waals surface area contributed by atoms with Crippen molar-refractivity contribution in [1.82, 2.24) is 15.1 Å². The SMILES string of the molecule is CN(C)C(=O)Nc1[nH]ncc1-c1ccc(Cl)cc1. The second-order valence-corrected chi connectivity index (χ2v) is 4.43. The molecule has 0 unspecified atom stereocenters. The Morgan fingerprint density at radius 2 is 2.00 bits per heavy atom. The minimum atomic E-state index is -0.213. The zero-order chi connectivity index (χ0) is 13.1. The van der Waals surface area contributed by atoms with Gasteiger partial charge in [0, 0.05) is 24.7 Å². The van der Waals surface area contributed by atoms with E-state index in [0.717, 1.165) is 11.1 Å². The summed E-state index contributed by atoms with van der Waals surface area (Å²) in [6.45, 7) is 0. The Morgan fingerprint density at radius 1 is 1.33 bits per heavy atom. The molecular formula is C12H13ClN4O. The normalized spacial score (nSPS) is 10.2. The third kappa shape index (κ3) is 2.62. The average Bonchev–Trinajstić information content (AvgIpc) is 2.78. The van der Waals surface area contributed by atoms with Gasteiger partial charge in [0.1, 0.15) is 5.82 Å². The number of benzene rings is 1. The summed E-state index contributed by atoms with van der Waals surface area (Å²) in [5.41, 5.74) is 1.75. The highest BCUT2D eigenvalue weighted by Gasteiger charge is 2.11. The van der Waals surface area contributed by atoms with Crippen LogP contribution >= 0.6 is 11.6 Å². The first kappa shape index (κ1) is 12.4. The molecule has 0 aliphatic rings. The predicted molar refractivity (Wildman–Crippen MR) is 71.7 cm³/mol. The van der Waals surface area contributed by atoms with Crippen molar-refractivity contribution in [2.45, 2.75) is 0 Å². The second-order valence-electron chi connectivity index (χ2n) is 3.99. The van der Waals surface area contributed by atoms with Crippen molar-refractivity contribution in [3.63, 3.8) is 0 Å². The van der Waals surface area contributed by atoms with Crippen LogP contribution in [0.2, 0.25) is 5.02 Å². The third-order valence-corrected chi connectivity index (χ3v) is 2.68. The van der Waals surface area contributed by atoms with Crippen LogP contribution in [0.15, 0.2) is 30.5 Å². The minimum absolute atomic E-state index is 0.213. The van der Waals surface area contributed by atoms with Gasteiger partial charge in [0.2, 0.25) is 0 Å². The van der Waals surface area contributed by atoms with Crippen molar-refractivity contribution in [2.24, 2.45) is 0 Å². The summed E-state index contributed by atoms with van der Waals surface area (Å²) in [7, 11) is 3.35. The highest BCUT2D eigenvalue weighted by molar-refractivity contribution is 6.30. The Labute approximate surface area is 110 Å². The Morgan fingerprint density at radius 3 is 2.61 bits per heavy atom. The predicted octanol–water partition coefficient (Wildman–Crippen LogP) is 2.82. The summed E-state index contributed by atoms with van der Waals surface area (Å²) in [6.07, 6.45) is 1.66. The maximum absolute atomic E-state index is 11.6. The lowest BCUT2D eigenvalue weighted by Crippen LogP contribution is -2.27. The number of aromatic nitrogens is 2. The molecule has 0 spiro atoms. The standard InChI is InChI=1S/C12H13ClN4O/c1-17(2)12(18)15-11-10(7-14-16-11)8-3-5-9(13)6-4-8/h3-7H,1-2H3,(H2,14,15,16,18). The van der Waals surface area contributed by atoms with E-state index >= 15 is 0 Å². The van der Waals surface area contributed by atoms with Gasteiger partial charge in [-0.25, -0.2) is 4.79 Å². The van der Waals surface area contributed by atoms with E-state index < -0.39 is 0 Å². The van der Waals surface area contributed by atoms with E-state index in [1.54, 1.807) is 32.4 Å². The number of hydrogen-bond acceptors (Lipinski definition) is 2. The lowest BCUT2D eigenvalue weighted by Gasteiger charge is -2.11. The first-order chi connectivity index (χ1) is 8.58. The largest absolute Gasteiger partial charge is 0.331 e. The molecule has 0 atom stereocenters. The lowest BCUT2D eigenvalue weighted by molar-refractivity contribution is 0.230. The van der Waals surface area contributed by atoms with E-state index in [9.17, 15) is 4.79 Å². The number of carbonyl (C=O) groups excluding carboxylic acids is 1. The number of anilines is 1. The number of aromatic amines is 1. The molecule has 0 aliphatic carbocycles. The molecule has 2 aromatic rings. The van der Waals surface area contributed by atoms with Crippen molar-refractivity contribution < 1.29 is 4.79 Å². The van der Waals surface area contributed by atoms with Gasteiger partial charge in [-0.3, -0.25) is 10.4 Å². The number of hydrogen-bond donors (Lipinski definition) is 2. The number of rotatable bonds is 2. The highest BCUT2D eigenvalue weighted by atomic mass is 35.5. The fourth-order valence-electron chi connectivity index (χ4n) is 1.45. The van der Waals surface area contributed by atoms with Gasteiger partial charge in [-0.1, -0.05) is 23.7 Å². The van der Waals surface area contributed by atoms with E-state index in [1.165, 1.54) is 4.90 Å². The molecule has 2 N–H and O–H groups in total. The fourth-order valence-corrected chi connectivity index (χ4v) is 1.57. The van der Waals surface area contributed by atoms with Gasteiger partial charge in [-0.15, -0.1) is 0 Å². The number of urea groups is 1. The Bertz CT molecular complexity index is 547. The number of carbonyl (C=O) groups is 1. The van der Waals surface area contributed by atoms with E-state index in [0.29, 0.717) is 10.8 Å². The first-order valence-electron chi connectivity index (χ1n) is 5.35. The van der Waals surface area contributed by atoms with Crippen LogP contribution in [0.3, 0.4) is 0 Å². The van der Waals surface area contributed by atoms with E-state index in [-0.39, 0.29) is 6.03 Å². The number of nitrogens with one attached hydrogen (secondary N) is 2. The van der Waals surface area contributed by atoms with E-state index in [4.69, 9.17) is 11.6 Å². The number of nitrogens with zero attached hydrogens (tertiary/aromatic N) is 2. The van der Waals surface area contributed by atoms with Crippen LogP contribution in [-0.2, 0) is 0 Å². The molecule has 0 fully saturated rings. The molecule has 18 heavy (non-hydrogen) atoms. The van der Waals surface area contributed by atoms with Gasteiger partial charge >= 0.3 is 6.03 Å². The minimum Gasteiger partial charge on any atom is -0.331 e. The number of halogens is 1. The first-order valence-corrected chi connectivity index (χ1v) is 5.73. The molecular weight excluding hydrogens is 252 g/mol. The summed E-state index contributed by atoms with van der Waals surface area (Å²) in [5.74, 6) is 0.566. The van der Waals surface area contributed by atoms with E-state index in [1.807, 2.05) is 12.1 Å². The molecule has 94 valence electrons. The average molecular weight is 265 g/mol. The second kappa shape index (κ2) is 5.10. The summed E-state index contributed by atoms with van der Waals surface area (Å²) in [6, 6.07) is 7.12. The van der Waals surface area contributed by atoms with Gasteiger partial charge < -0.3 is 4.90 Å². The maximum atomic E-state index is 11.6. The van der Waals surface area contributed by atoms with E-state index in [2.05, 4.69) is 15.5 Å². The quantitative estimate of drug-likeness (QED) is 0.876.